The van der Waals surface area contributed by atoms with Crippen molar-refractivity contribution in [1.29, 1.82) is 0 Å². The standard InChI is InChI=1S/C7H6BrNO3/c1-12-7(11)5-3-2-4(8)6(10)9-5/h2-3H,1H3,(H,9,10). The molecule has 12 heavy (non-hydrogen) atoms. The molecule has 1 rings (SSSR count). The Bertz CT molecular complexity index is 358. The Kier molecular flexibility index (Phi) is 2.65. The van der Waals surface area contributed by atoms with Crippen LogP contribution in [0.15, 0.2) is 21.4 Å². The average Bonchev–Trinajstić information content (AvgIpc) is 2.08. The van der Waals surface area contributed by atoms with E-state index in [4.69, 9.17) is 0 Å². The molecule has 1 aromatic rings. The number of hydrogen-bond acceptors (Lipinski definition) is 3. The Morgan fingerprint density at radius 2 is 2.25 bits per heavy atom. The second kappa shape index (κ2) is 3.53. The fourth-order valence-electron chi connectivity index (χ4n) is 0.685. The van der Waals surface area contributed by atoms with Crippen LogP contribution in [0.2, 0.25) is 0 Å². The quantitative estimate of drug-likeness (QED) is 0.732. The van der Waals surface area contributed by atoms with Crippen LogP contribution in [0, 0.1) is 0 Å². The van der Waals surface area contributed by atoms with Gasteiger partial charge in [0.05, 0.1) is 11.6 Å². The summed E-state index contributed by atoms with van der Waals surface area (Å²) in [7, 11) is 1.25. The lowest BCUT2D eigenvalue weighted by atomic mass is 10.3. The van der Waals surface area contributed by atoms with E-state index in [1.165, 1.54) is 19.2 Å². The lowest BCUT2D eigenvalue weighted by molar-refractivity contribution is 0.0593. The van der Waals surface area contributed by atoms with Crippen molar-refractivity contribution in [3.8, 4) is 0 Å². The van der Waals surface area contributed by atoms with Gasteiger partial charge < -0.3 is 9.72 Å². The summed E-state index contributed by atoms with van der Waals surface area (Å²) in [5, 5.41) is 0. The number of ether oxygens (including phenoxy) is 1. The maximum Gasteiger partial charge on any atom is 0.354 e. The minimum atomic E-state index is -0.556. The van der Waals surface area contributed by atoms with Crippen molar-refractivity contribution in [2.24, 2.45) is 0 Å². The van der Waals surface area contributed by atoms with Gasteiger partial charge in [0.25, 0.3) is 5.56 Å². The number of aromatic amines is 1. The molecule has 5 heteroatoms. The zero-order chi connectivity index (χ0) is 9.14. The molecular weight excluding hydrogens is 226 g/mol. The molecule has 0 aliphatic carbocycles. The van der Waals surface area contributed by atoms with Gasteiger partial charge >= 0.3 is 5.97 Å². The number of halogens is 1. The van der Waals surface area contributed by atoms with Gasteiger partial charge in [-0.15, -0.1) is 0 Å². The number of esters is 1. The van der Waals surface area contributed by atoms with Crippen molar-refractivity contribution < 1.29 is 9.53 Å². The van der Waals surface area contributed by atoms with Crippen molar-refractivity contribution in [1.82, 2.24) is 4.98 Å². The topological polar surface area (TPSA) is 59.2 Å². The first-order valence-electron chi connectivity index (χ1n) is 3.12. The maximum atomic E-state index is 10.9. The van der Waals surface area contributed by atoms with Crippen LogP contribution in [0.3, 0.4) is 0 Å². The zero-order valence-electron chi connectivity index (χ0n) is 6.26. The molecule has 1 N–H and O–H groups in total. The summed E-state index contributed by atoms with van der Waals surface area (Å²) in [5.41, 5.74) is -0.205. The van der Waals surface area contributed by atoms with E-state index in [1.807, 2.05) is 0 Å². The fourth-order valence-corrected chi connectivity index (χ4v) is 0.916. The van der Waals surface area contributed by atoms with Gasteiger partial charge in [-0.2, -0.15) is 0 Å². The normalized spacial score (nSPS) is 9.50. The van der Waals surface area contributed by atoms with Gasteiger partial charge in [-0.1, -0.05) is 0 Å². The van der Waals surface area contributed by atoms with Crippen LogP contribution in [0.5, 0.6) is 0 Å². The summed E-state index contributed by atoms with van der Waals surface area (Å²) in [6.07, 6.45) is 0. The predicted octanol–water partition coefficient (Wildman–Crippen LogP) is 0.924. The lowest BCUT2D eigenvalue weighted by Gasteiger charge is -1.97. The van der Waals surface area contributed by atoms with Gasteiger partial charge in [-0.05, 0) is 28.1 Å². The molecule has 0 atom stereocenters. The summed E-state index contributed by atoms with van der Waals surface area (Å²) >= 11 is 3.00. The molecular formula is C7H6BrNO3. The Morgan fingerprint density at radius 1 is 1.58 bits per heavy atom. The number of H-pyrrole nitrogens is 1. The van der Waals surface area contributed by atoms with E-state index in [9.17, 15) is 9.59 Å². The summed E-state index contributed by atoms with van der Waals surface area (Å²) in [6.45, 7) is 0. The SMILES string of the molecule is COC(=O)c1ccc(Br)c(=O)[nH]1. The number of methoxy groups -OCH3 is 1. The molecule has 0 spiro atoms. The molecule has 0 aromatic carbocycles. The van der Waals surface area contributed by atoms with E-state index in [1.54, 1.807) is 0 Å². The lowest BCUT2D eigenvalue weighted by Crippen LogP contribution is -2.13. The zero-order valence-corrected chi connectivity index (χ0v) is 7.84. The molecule has 0 saturated carbocycles. The predicted molar refractivity (Wildman–Crippen MR) is 46.1 cm³/mol. The third kappa shape index (κ3) is 1.73. The highest BCUT2D eigenvalue weighted by molar-refractivity contribution is 9.10. The fraction of sp³-hybridized carbons (Fsp3) is 0.143. The van der Waals surface area contributed by atoms with Crippen LogP contribution in [-0.4, -0.2) is 18.1 Å². The van der Waals surface area contributed by atoms with E-state index in [-0.39, 0.29) is 11.3 Å². The summed E-state index contributed by atoms with van der Waals surface area (Å²) in [5.74, 6) is -0.556. The molecule has 1 heterocycles. The minimum absolute atomic E-state index is 0.144. The monoisotopic (exact) mass is 231 g/mol. The number of carbonyl (C=O) groups excluding carboxylic acids is 1. The second-order valence-corrected chi connectivity index (χ2v) is 2.89. The highest BCUT2D eigenvalue weighted by Gasteiger charge is 2.06. The van der Waals surface area contributed by atoms with Gasteiger partial charge in [0.1, 0.15) is 5.69 Å². The molecule has 4 nitrogen and oxygen atoms in total. The van der Waals surface area contributed by atoms with Crippen molar-refractivity contribution >= 4 is 21.9 Å². The van der Waals surface area contributed by atoms with Gasteiger partial charge in [0.15, 0.2) is 0 Å². The minimum Gasteiger partial charge on any atom is -0.464 e. The highest BCUT2D eigenvalue weighted by Crippen LogP contribution is 2.02. The Hall–Kier alpha value is -1.10. The van der Waals surface area contributed by atoms with E-state index in [0.29, 0.717) is 4.47 Å². The van der Waals surface area contributed by atoms with Crippen molar-refractivity contribution in [2.75, 3.05) is 7.11 Å². The van der Waals surface area contributed by atoms with Crippen molar-refractivity contribution in [2.45, 2.75) is 0 Å². The highest BCUT2D eigenvalue weighted by atomic mass is 79.9. The van der Waals surface area contributed by atoms with Crippen molar-refractivity contribution in [3.05, 3.63) is 32.7 Å². The van der Waals surface area contributed by atoms with E-state index in [2.05, 4.69) is 25.7 Å². The molecule has 0 amide bonds. The largest absolute Gasteiger partial charge is 0.464 e. The molecule has 0 bridgehead atoms. The molecule has 0 saturated heterocycles. The van der Waals surface area contributed by atoms with Crippen LogP contribution < -0.4 is 5.56 Å². The summed E-state index contributed by atoms with van der Waals surface area (Å²) in [6, 6.07) is 2.96. The number of rotatable bonds is 1. The molecule has 0 unspecified atom stereocenters. The third-order valence-electron chi connectivity index (χ3n) is 1.27. The maximum absolute atomic E-state index is 10.9. The smallest absolute Gasteiger partial charge is 0.354 e. The molecule has 1 aromatic heterocycles. The first-order chi connectivity index (χ1) is 5.65. The van der Waals surface area contributed by atoms with Crippen LogP contribution in [0.1, 0.15) is 10.5 Å². The first-order valence-corrected chi connectivity index (χ1v) is 3.91. The number of pyridine rings is 1. The Balaban J connectivity index is 3.13. The van der Waals surface area contributed by atoms with E-state index < -0.39 is 5.97 Å². The number of carbonyl (C=O) groups is 1. The van der Waals surface area contributed by atoms with Gasteiger partial charge in [-0.25, -0.2) is 4.79 Å². The van der Waals surface area contributed by atoms with E-state index >= 15 is 0 Å². The van der Waals surface area contributed by atoms with Gasteiger partial charge in [0, 0.05) is 0 Å². The molecule has 0 fully saturated rings. The second-order valence-electron chi connectivity index (χ2n) is 2.04. The van der Waals surface area contributed by atoms with Crippen LogP contribution in [0.25, 0.3) is 0 Å². The van der Waals surface area contributed by atoms with Crippen LogP contribution in [-0.2, 0) is 4.74 Å². The molecule has 64 valence electrons. The van der Waals surface area contributed by atoms with Gasteiger partial charge in [-0.3, -0.25) is 4.79 Å². The third-order valence-corrected chi connectivity index (χ3v) is 1.89. The number of hydrogen-bond donors (Lipinski definition) is 1. The van der Waals surface area contributed by atoms with Crippen LogP contribution in [0.4, 0.5) is 0 Å². The van der Waals surface area contributed by atoms with Crippen molar-refractivity contribution in [3.63, 3.8) is 0 Å². The average molecular weight is 232 g/mol. The molecule has 0 aliphatic rings. The van der Waals surface area contributed by atoms with E-state index in [0.717, 1.165) is 0 Å². The first kappa shape index (κ1) is 8.99. The summed E-state index contributed by atoms with van der Waals surface area (Å²) < 4.78 is 4.79. The Morgan fingerprint density at radius 3 is 2.75 bits per heavy atom. The number of nitrogens with one attached hydrogen (secondary N) is 1. The van der Waals surface area contributed by atoms with Crippen LogP contribution >= 0.6 is 15.9 Å². The Labute approximate surface area is 76.7 Å². The summed E-state index contributed by atoms with van der Waals surface area (Å²) in [4.78, 5) is 24.2. The molecule has 0 aliphatic heterocycles. The number of aromatic nitrogens is 1. The van der Waals surface area contributed by atoms with Gasteiger partial charge in [0.2, 0.25) is 0 Å². The molecule has 0 radical (unpaired) electrons.